The van der Waals surface area contributed by atoms with E-state index in [-0.39, 0.29) is 11.6 Å². The molecule has 0 spiro atoms. The molecule has 0 aliphatic rings. The van der Waals surface area contributed by atoms with E-state index in [4.69, 9.17) is 5.84 Å². The van der Waals surface area contributed by atoms with Crippen molar-refractivity contribution < 1.29 is 4.79 Å². The quantitative estimate of drug-likeness (QED) is 0.562. The molecule has 0 radical (unpaired) electrons. The maximum atomic E-state index is 11.9. The topological polar surface area (TPSA) is 92.9 Å². The minimum absolute atomic E-state index is 0.227. The Morgan fingerprint density at radius 2 is 1.90 bits per heavy atom. The number of hydrogen-bond donors (Lipinski definition) is 3. The molecule has 0 saturated heterocycles. The number of nitrogens with one attached hydrogen (secondary N) is 2. The zero-order valence-corrected chi connectivity index (χ0v) is 11.3. The SMILES string of the molecule is CCc1ccc(CNC(=O)c2cncc(NN)n2)cc1. The van der Waals surface area contributed by atoms with E-state index < -0.39 is 0 Å². The molecule has 4 N–H and O–H groups in total. The number of aromatic nitrogens is 2. The van der Waals surface area contributed by atoms with E-state index in [1.807, 2.05) is 12.1 Å². The molecule has 1 aromatic heterocycles. The molecule has 0 aliphatic carbocycles. The van der Waals surface area contributed by atoms with Crippen molar-refractivity contribution in [3.8, 4) is 0 Å². The van der Waals surface area contributed by atoms with Crippen LogP contribution in [0.4, 0.5) is 5.82 Å². The summed E-state index contributed by atoms with van der Waals surface area (Å²) in [5.74, 6) is 5.30. The van der Waals surface area contributed by atoms with Gasteiger partial charge in [-0.25, -0.2) is 10.8 Å². The van der Waals surface area contributed by atoms with Crippen molar-refractivity contribution in [2.24, 2.45) is 5.84 Å². The van der Waals surface area contributed by atoms with Crippen LogP contribution in [0.25, 0.3) is 0 Å². The van der Waals surface area contributed by atoms with Crippen molar-refractivity contribution in [3.05, 3.63) is 53.5 Å². The Kier molecular flexibility index (Phi) is 4.62. The molecule has 2 rings (SSSR count). The average molecular weight is 271 g/mol. The third-order valence-electron chi connectivity index (χ3n) is 2.90. The number of carbonyl (C=O) groups excluding carboxylic acids is 1. The van der Waals surface area contributed by atoms with E-state index in [1.54, 1.807) is 0 Å². The first-order valence-electron chi connectivity index (χ1n) is 6.37. The van der Waals surface area contributed by atoms with Gasteiger partial charge in [0.15, 0.2) is 5.82 Å². The monoisotopic (exact) mass is 271 g/mol. The van der Waals surface area contributed by atoms with Gasteiger partial charge >= 0.3 is 0 Å². The fraction of sp³-hybridized carbons (Fsp3) is 0.214. The summed E-state index contributed by atoms with van der Waals surface area (Å²) >= 11 is 0. The van der Waals surface area contributed by atoms with Crippen molar-refractivity contribution in [2.75, 3.05) is 5.43 Å². The molecule has 20 heavy (non-hydrogen) atoms. The van der Waals surface area contributed by atoms with Gasteiger partial charge in [-0.3, -0.25) is 9.78 Å². The van der Waals surface area contributed by atoms with E-state index in [1.165, 1.54) is 18.0 Å². The van der Waals surface area contributed by atoms with Crippen molar-refractivity contribution in [3.63, 3.8) is 0 Å². The van der Waals surface area contributed by atoms with Crippen LogP contribution in [0, 0.1) is 0 Å². The third kappa shape index (κ3) is 3.52. The number of amides is 1. The number of aryl methyl sites for hydroxylation is 1. The molecular formula is C14H17N5O. The lowest BCUT2D eigenvalue weighted by Gasteiger charge is -2.06. The Morgan fingerprint density at radius 1 is 1.20 bits per heavy atom. The summed E-state index contributed by atoms with van der Waals surface area (Å²) in [6.45, 7) is 2.55. The lowest BCUT2D eigenvalue weighted by Crippen LogP contribution is -2.24. The zero-order chi connectivity index (χ0) is 14.4. The highest BCUT2D eigenvalue weighted by atomic mass is 16.1. The number of hydrogen-bond acceptors (Lipinski definition) is 5. The second-order valence-corrected chi connectivity index (χ2v) is 4.29. The summed E-state index contributed by atoms with van der Waals surface area (Å²) in [7, 11) is 0. The Labute approximate surface area is 117 Å². The van der Waals surface area contributed by atoms with E-state index in [0.717, 1.165) is 12.0 Å². The van der Waals surface area contributed by atoms with Gasteiger partial charge in [0, 0.05) is 6.54 Å². The van der Waals surface area contributed by atoms with E-state index in [2.05, 4.69) is 39.8 Å². The zero-order valence-electron chi connectivity index (χ0n) is 11.3. The second-order valence-electron chi connectivity index (χ2n) is 4.29. The third-order valence-corrected chi connectivity index (χ3v) is 2.90. The van der Waals surface area contributed by atoms with Gasteiger partial charge in [0.25, 0.3) is 5.91 Å². The van der Waals surface area contributed by atoms with Gasteiger partial charge in [-0.05, 0) is 17.5 Å². The van der Waals surface area contributed by atoms with Crippen LogP contribution in [0.1, 0.15) is 28.5 Å². The minimum atomic E-state index is -0.283. The minimum Gasteiger partial charge on any atom is -0.347 e. The van der Waals surface area contributed by atoms with Crippen LogP contribution in [0.3, 0.4) is 0 Å². The summed E-state index contributed by atoms with van der Waals surface area (Å²) in [4.78, 5) is 19.8. The van der Waals surface area contributed by atoms with Crippen molar-refractivity contribution in [1.82, 2.24) is 15.3 Å². The Hall–Kier alpha value is -2.47. The molecule has 6 heteroatoms. The molecule has 0 unspecified atom stereocenters. The van der Waals surface area contributed by atoms with E-state index in [0.29, 0.717) is 12.4 Å². The molecular weight excluding hydrogens is 254 g/mol. The highest BCUT2D eigenvalue weighted by molar-refractivity contribution is 5.92. The van der Waals surface area contributed by atoms with Crippen molar-refractivity contribution >= 4 is 11.7 Å². The summed E-state index contributed by atoms with van der Waals surface area (Å²) in [5, 5.41) is 2.79. The van der Waals surface area contributed by atoms with Crippen molar-refractivity contribution in [2.45, 2.75) is 19.9 Å². The molecule has 1 amide bonds. The maximum Gasteiger partial charge on any atom is 0.271 e. The number of nitrogens with two attached hydrogens (primary N) is 1. The lowest BCUT2D eigenvalue weighted by atomic mass is 10.1. The fourth-order valence-electron chi connectivity index (χ4n) is 1.71. The number of hydrazine groups is 1. The van der Waals surface area contributed by atoms with E-state index >= 15 is 0 Å². The highest BCUT2D eigenvalue weighted by Crippen LogP contribution is 2.05. The lowest BCUT2D eigenvalue weighted by molar-refractivity contribution is 0.0945. The first-order valence-corrected chi connectivity index (χ1v) is 6.37. The molecule has 0 fully saturated rings. The molecule has 0 aliphatic heterocycles. The molecule has 1 heterocycles. The average Bonchev–Trinajstić information content (AvgIpc) is 2.53. The van der Waals surface area contributed by atoms with Crippen LogP contribution in [-0.2, 0) is 13.0 Å². The van der Waals surface area contributed by atoms with Crippen LogP contribution >= 0.6 is 0 Å². The van der Waals surface area contributed by atoms with Crippen molar-refractivity contribution in [1.29, 1.82) is 0 Å². The number of benzene rings is 1. The number of rotatable bonds is 5. The van der Waals surface area contributed by atoms with Crippen LogP contribution in [0.15, 0.2) is 36.7 Å². The standard InChI is InChI=1S/C14H17N5O/c1-2-10-3-5-11(6-4-10)7-17-14(20)12-8-16-9-13(18-12)19-15/h3-6,8-9H,2,7,15H2,1H3,(H,17,20)(H,18,19). The first kappa shape index (κ1) is 14.0. The predicted molar refractivity (Wildman–Crippen MR) is 76.8 cm³/mol. The van der Waals surface area contributed by atoms with Gasteiger partial charge in [0.05, 0.1) is 12.4 Å². The van der Waals surface area contributed by atoms with Gasteiger partial charge in [-0.15, -0.1) is 0 Å². The number of carbonyl (C=O) groups is 1. The molecule has 0 bridgehead atoms. The van der Waals surface area contributed by atoms with Gasteiger partial charge in [-0.1, -0.05) is 31.2 Å². The fourth-order valence-corrected chi connectivity index (χ4v) is 1.71. The number of anilines is 1. The van der Waals surface area contributed by atoms with Gasteiger partial charge in [0.1, 0.15) is 5.69 Å². The summed E-state index contributed by atoms with van der Waals surface area (Å²) in [5.41, 5.74) is 4.89. The smallest absolute Gasteiger partial charge is 0.271 e. The normalized spacial score (nSPS) is 10.1. The summed E-state index contributed by atoms with van der Waals surface area (Å²) < 4.78 is 0. The number of nitrogen functional groups attached to an aromatic ring is 1. The van der Waals surface area contributed by atoms with Gasteiger partial charge in [0.2, 0.25) is 0 Å². The molecule has 0 saturated carbocycles. The molecule has 1 aromatic carbocycles. The summed E-state index contributed by atoms with van der Waals surface area (Å²) in [6.07, 6.45) is 3.84. The second kappa shape index (κ2) is 6.63. The Bertz CT molecular complexity index is 582. The molecule has 6 nitrogen and oxygen atoms in total. The van der Waals surface area contributed by atoms with Gasteiger partial charge < -0.3 is 10.7 Å². The Morgan fingerprint density at radius 3 is 2.55 bits per heavy atom. The van der Waals surface area contributed by atoms with Gasteiger partial charge in [-0.2, -0.15) is 0 Å². The Balaban J connectivity index is 1.97. The van der Waals surface area contributed by atoms with Crippen LogP contribution in [0.5, 0.6) is 0 Å². The molecule has 104 valence electrons. The van der Waals surface area contributed by atoms with E-state index in [9.17, 15) is 4.79 Å². The maximum absolute atomic E-state index is 11.9. The van der Waals surface area contributed by atoms with Crippen LogP contribution in [-0.4, -0.2) is 15.9 Å². The number of nitrogens with zero attached hydrogens (tertiary/aromatic N) is 2. The van der Waals surface area contributed by atoms with Crippen LogP contribution < -0.4 is 16.6 Å². The highest BCUT2D eigenvalue weighted by Gasteiger charge is 2.08. The molecule has 0 atom stereocenters. The van der Waals surface area contributed by atoms with Crippen LogP contribution in [0.2, 0.25) is 0 Å². The largest absolute Gasteiger partial charge is 0.347 e. The molecule has 2 aromatic rings. The predicted octanol–water partition coefficient (Wildman–Crippen LogP) is 1.25. The summed E-state index contributed by atoms with van der Waals surface area (Å²) in [6, 6.07) is 8.12. The first-order chi connectivity index (χ1) is 9.72.